The molecular formula is C13H17N5S. The fraction of sp³-hybridized carbons (Fsp3) is 0.385. The average molecular weight is 275 g/mol. The molecule has 0 fully saturated rings. The third kappa shape index (κ3) is 2.54. The zero-order valence-electron chi connectivity index (χ0n) is 11.1. The molecule has 0 aliphatic carbocycles. The Morgan fingerprint density at radius 3 is 3.11 bits per heavy atom. The number of nitrogens with one attached hydrogen (secondary N) is 1. The Labute approximate surface area is 115 Å². The Balaban J connectivity index is 1.65. The highest BCUT2D eigenvalue weighted by atomic mass is 32.1. The summed E-state index contributed by atoms with van der Waals surface area (Å²) in [4.78, 5) is 9.68. The van der Waals surface area contributed by atoms with Crippen LogP contribution in [0.25, 0.3) is 4.96 Å². The molecule has 3 rings (SSSR count). The van der Waals surface area contributed by atoms with Gasteiger partial charge in [0.1, 0.15) is 0 Å². The SMILES string of the molecule is Cc1nc2sccn2c1CNC(C)Cn1ccnc1. The molecule has 1 atom stereocenters. The second-order valence-corrected chi connectivity index (χ2v) is 5.61. The van der Waals surface area contributed by atoms with Crippen molar-refractivity contribution < 1.29 is 0 Å². The molecule has 0 bridgehead atoms. The summed E-state index contributed by atoms with van der Waals surface area (Å²) in [7, 11) is 0. The molecule has 6 heteroatoms. The van der Waals surface area contributed by atoms with E-state index in [1.807, 2.05) is 18.7 Å². The first-order valence-corrected chi connectivity index (χ1v) is 7.22. The fourth-order valence-corrected chi connectivity index (χ4v) is 2.98. The molecule has 1 unspecified atom stereocenters. The van der Waals surface area contributed by atoms with E-state index in [0.29, 0.717) is 6.04 Å². The van der Waals surface area contributed by atoms with Crippen LogP contribution in [-0.4, -0.2) is 25.0 Å². The van der Waals surface area contributed by atoms with Crippen molar-refractivity contribution in [3.63, 3.8) is 0 Å². The molecule has 0 radical (unpaired) electrons. The van der Waals surface area contributed by atoms with Crippen LogP contribution >= 0.6 is 11.3 Å². The largest absolute Gasteiger partial charge is 0.336 e. The van der Waals surface area contributed by atoms with Gasteiger partial charge in [-0.1, -0.05) is 0 Å². The van der Waals surface area contributed by atoms with E-state index >= 15 is 0 Å². The van der Waals surface area contributed by atoms with Crippen molar-refractivity contribution >= 4 is 16.3 Å². The Bertz CT molecular complexity index is 652. The summed E-state index contributed by atoms with van der Waals surface area (Å²) in [6, 6.07) is 0.387. The number of aromatic nitrogens is 4. The molecule has 100 valence electrons. The van der Waals surface area contributed by atoms with Crippen LogP contribution in [0, 0.1) is 6.92 Å². The number of aryl methyl sites for hydroxylation is 1. The number of nitrogens with zero attached hydrogens (tertiary/aromatic N) is 4. The Morgan fingerprint density at radius 2 is 2.32 bits per heavy atom. The number of fused-ring (bicyclic) bond motifs is 1. The van der Waals surface area contributed by atoms with E-state index in [0.717, 1.165) is 23.7 Å². The van der Waals surface area contributed by atoms with Crippen LogP contribution in [0.15, 0.2) is 30.3 Å². The van der Waals surface area contributed by atoms with Gasteiger partial charge in [-0.05, 0) is 13.8 Å². The van der Waals surface area contributed by atoms with Gasteiger partial charge in [0, 0.05) is 43.1 Å². The van der Waals surface area contributed by atoms with Crippen molar-refractivity contribution in [1.82, 2.24) is 24.3 Å². The average Bonchev–Trinajstić information content (AvgIpc) is 3.05. The summed E-state index contributed by atoms with van der Waals surface area (Å²) in [5.41, 5.74) is 2.35. The lowest BCUT2D eigenvalue weighted by atomic mass is 10.3. The minimum atomic E-state index is 0.387. The van der Waals surface area contributed by atoms with Crippen LogP contribution in [0.4, 0.5) is 0 Å². The van der Waals surface area contributed by atoms with Crippen molar-refractivity contribution in [2.75, 3.05) is 0 Å². The van der Waals surface area contributed by atoms with Crippen molar-refractivity contribution in [2.24, 2.45) is 0 Å². The van der Waals surface area contributed by atoms with Crippen LogP contribution in [-0.2, 0) is 13.1 Å². The third-order valence-electron chi connectivity index (χ3n) is 3.22. The Hall–Kier alpha value is -1.66. The Morgan fingerprint density at radius 1 is 1.42 bits per heavy atom. The van der Waals surface area contributed by atoms with Crippen molar-refractivity contribution in [3.05, 3.63) is 41.7 Å². The van der Waals surface area contributed by atoms with Gasteiger partial charge in [0.05, 0.1) is 17.7 Å². The van der Waals surface area contributed by atoms with Crippen LogP contribution in [0.2, 0.25) is 0 Å². The molecule has 5 nitrogen and oxygen atoms in total. The highest BCUT2D eigenvalue weighted by Crippen LogP contribution is 2.16. The van der Waals surface area contributed by atoms with Crippen molar-refractivity contribution in [3.8, 4) is 0 Å². The Kier molecular flexibility index (Phi) is 3.35. The first-order valence-electron chi connectivity index (χ1n) is 6.34. The van der Waals surface area contributed by atoms with Gasteiger partial charge in [0.2, 0.25) is 0 Å². The van der Waals surface area contributed by atoms with Gasteiger partial charge in [0.15, 0.2) is 4.96 Å². The highest BCUT2D eigenvalue weighted by Gasteiger charge is 2.10. The van der Waals surface area contributed by atoms with Gasteiger partial charge in [-0.25, -0.2) is 9.97 Å². The predicted octanol–water partition coefficient (Wildman–Crippen LogP) is 2.08. The number of hydrogen-bond acceptors (Lipinski definition) is 4. The minimum Gasteiger partial charge on any atom is -0.336 e. The van der Waals surface area contributed by atoms with Gasteiger partial charge >= 0.3 is 0 Å². The molecule has 1 N–H and O–H groups in total. The molecule has 0 aromatic carbocycles. The third-order valence-corrected chi connectivity index (χ3v) is 3.98. The predicted molar refractivity (Wildman–Crippen MR) is 76.3 cm³/mol. The zero-order chi connectivity index (χ0) is 13.2. The molecule has 0 spiro atoms. The van der Waals surface area contributed by atoms with Gasteiger partial charge < -0.3 is 9.88 Å². The molecule has 0 aliphatic heterocycles. The van der Waals surface area contributed by atoms with Gasteiger partial charge in [-0.15, -0.1) is 11.3 Å². The van der Waals surface area contributed by atoms with Gasteiger partial charge in [-0.3, -0.25) is 4.40 Å². The van der Waals surface area contributed by atoms with E-state index in [-0.39, 0.29) is 0 Å². The second-order valence-electron chi connectivity index (χ2n) is 4.74. The molecule has 0 aliphatic rings. The maximum Gasteiger partial charge on any atom is 0.194 e. The minimum absolute atomic E-state index is 0.387. The quantitative estimate of drug-likeness (QED) is 0.775. The number of rotatable bonds is 5. The van der Waals surface area contributed by atoms with Crippen molar-refractivity contribution in [2.45, 2.75) is 33.0 Å². The lowest BCUT2D eigenvalue weighted by Gasteiger charge is -2.14. The van der Waals surface area contributed by atoms with E-state index in [1.54, 1.807) is 11.3 Å². The molecular weight excluding hydrogens is 258 g/mol. The maximum atomic E-state index is 4.55. The van der Waals surface area contributed by atoms with E-state index in [2.05, 4.69) is 49.7 Å². The van der Waals surface area contributed by atoms with Crippen LogP contribution in [0.3, 0.4) is 0 Å². The van der Waals surface area contributed by atoms with E-state index in [9.17, 15) is 0 Å². The molecule has 3 aromatic heterocycles. The maximum absolute atomic E-state index is 4.55. The monoisotopic (exact) mass is 275 g/mol. The summed E-state index contributed by atoms with van der Waals surface area (Å²) in [5, 5.41) is 5.61. The molecule has 19 heavy (non-hydrogen) atoms. The molecule has 0 saturated carbocycles. The number of imidazole rings is 2. The smallest absolute Gasteiger partial charge is 0.194 e. The first kappa shape index (κ1) is 12.4. The first-order chi connectivity index (χ1) is 9.24. The van der Waals surface area contributed by atoms with Crippen molar-refractivity contribution in [1.29, 1.82) is 0 Å². The summed E-state index contributed by atoms with van der Waals surface area (Å²) < 4.78 is 4.25. The lowest BCUT2D eigenvalue weighted by Crippen LogP contribution is -2.30. The number of thiazole rings is 1. The van der Waals surface area contributed by atoms with Gasteiger partial charge in [0.25, 0.3) is 0 Å². The second kappa shape index (κ2) is 5.14. The summed E-state index contributed by atoms with van der Waals surface area (Å²) in [5.74, 6) is 0. The van der Waals surface area contributed by atoms with Crippen LogP contribution < -0.4 is 5.32 Å². The lowest BCUT2D eigenvalue weighted by molar-refractivity contribution is 0.471. The zero-order valence-corrected chi connectivity index (χ0v) is 11.9. The normalized spacial score (nSPS) is 13.2. The number of hydrogen-bond donors (Lipinski definition) is 1. The fourth-order valence-electron chi connectivity index (χ4n) is 2.20. The molecule has 0 amide bonds. The van der Waals surface area contributed by atoms with E-state index < -0.39 is 0 Å². The standard InChI is InChI=1S/C13H17N5S/c1-10(8-17-4-3-14-9-17)15-7-12-11(2)16-13-18(12)5-6-19-13/h3-6,9-10,15H,7-8H2,1-2H3. The molecule has 3 aromatic rings. The topological polar surface area (TPSA) is 47.1 Å². The molecule has 0 saturated heterocycles. The summed E-state index contributed by atoms with van der Waals surface area (Å²) in [6.07, 6.45) is 7.72. The summed E-state index contributed by atoms with van der Waals surface area (Å²) >= 11 is 1.67. The molecule has 3 heterocycles. The van der Waals surface area contributed by atoms with Crippen LogP contribution in [0.1, 0.15) is 18.3 Å². The summed E-state index contributed by atoms with van der Waals surface area (Å²) in [6.45, 7) is 6.00. The van der Waals surface area contributed by atoms with Crippen LogP contribution in [0.5, 0.6) is 0 Å². The van der Waals surface area contributed by atoms with E-state index in [1.165, 1.54) is 5.69 Å². The highest BCUT2D eigenvalue weighted by molar-refractivity contribution is 7.15. The van der Waals surface area contributed by atoms with E-state index in [4.69, 9.17) is 0 Å². The van der Waals surface area contributed by atoms with Gasteiger partial charge in [-0.2, -0.15) is 0 Å².